The van der Waals surface area contributed by atoms with Crippen LogP contribution in [0.4, 0.5) is 5.69 Å². The fraction of sp³-hybridized carbons (Fsp3) is 0.182. The minimum absolute atomic E-state index is 0.0559. The predicted octanol–water partition coefficient (Wildman–Crippen LogP) is 1.88. The summed E-state index contributed by atoms with van der Waals surface area (Å²) in [6, 6.07) is 5.00. The molecule has 0 amide bonds. The Bertz CT molecular complexity index is 582. The largest absolute Gasteiger partial charge is 0.460 e. The molecule has 0 atom stereocenters. The van der Waals surface area contributed by atoms with Gasteiger partial charge in [0.05, 0.1) is 17.3 Å². The van der Waals surface area contributed by atoms with E-state index in [9.17, 15) is 4.79 Å². The minimum Gasteiger partial charge on any atom is -0.460 e. The van der Waals surface area contributed by atoms with Gasteiger partial charge in [0.25, 0.3) is 0 Å². The van der Waals surface area contributed by atoms with Crippen LogP contribution in [0.5, 0.6) is 0 Å². The van der Waals surface area contributed by atoms with Gasteiger partial charge in [0.1, 0.15) is 0 Å². The number of aromatic amines is 1. The van der Waals surface area contributed by atoms with Crippen molar-refractivity contribution in [3.05, 3.63) is 29.0 Å². The number of nitrogens with two attached hydrogens (primary N) is 1. The normalized spacial score (nSPS) is 10.3. The third kappa shape index (κ3) is 2.43. The molecule has 94 valence electrons. The molecule has 18 heavy (non-hydrogen) atoms. The van der Waals surface area contributed by atoms with Crippen molar-refractivity contribution in [1.82, 2.24) is 15.2 Å². The number of nitrogens with one attached hydrogen (secondary N) is 1. The van der Waals surface area contributed by atoms with Crippen LogP contribution in [0.2, 0.25) is 5.02 Å². The van der Waals surface area contributed by atoms with Gasteiger partial charge >= 0.3 is 5.97 Å². The van der Waals surface area contributed by atoms with Gasteiger partial charge in [0.2, 0.25) is 5.82 Å². The van der Waals surface area contributed by atoms with Crippen molar-refractivity contribution in [3.8, 4) is 11.4 Å². The molecule has 0 aliphatic heterocycles. The summed E-state index contributed by atoms with van der Waals surface area (Å²) < 4.78 is 4.80. The summed E-state index contributed by atoms with van der Waals surface area (Å²) in [5.74, 6) is -0.125. The van der Waals surface area contributed by atoms with Crippen molar-refractivity contribution in [3.63, 3.8) is 0 Å². The number of nitrogens with zero attached hydrogens (tertiary/aromatic N) is 2. The van der Waals surface area contributed by atoms with Crippen LogP contribution in [0.3, 0.4) is 0 Å². The van der Waals surface area contributed by atoms with Crippen molar-refractivity contribution in [1.29, 1.82) is 0 Å². The van der Waals surface area contributed by atoms with E-state index >= 15 is 0 Å². The van der Waals surface area contributed by atoms with E-state index in [2.05, 4.69) is 15.2 Å². The number of halogens is 1. The Labute approximate surface area is 108 Å². The second kappa shape index (κ2) is 5.05. The summed E-state index contributed by atoms with van der Waals surface area (Å²) in [6.45, 7) is 2.00. The average molecular weight is 267 g/mol. The van der Waals surface area contributed by atoms with E-state index in [0.717, 1.165) is 0 Å². The second-order valence-corrected chi connectivity index (χ2v) is 3.87. The summed E-state index contributed by atoms with van der Waals surface area (Å²) in [5.41, 5.74) is 6.78. The Morgan fingerprint density at radius 3 is 3.00 bits per heavy atom. The third-order valence-corrected chi connectivity index (χ3v) is 2.55. The summed E-state index contributed by atoms with van der Waals surface area (Å²) in [4.78, 5) is 15.4. The smallest absolute Gasteiger partial charge is 0.375 e. The lowest BCUT2D eigenvalue weighted by Gasteiger charge is -1.99. The zero-order chi connectivity index (χ0) is 13.1. The van der Waals surface area contributed by atoms with E-state index in [4.69, 9.17) is 22.1 Å². The minimum atomic E-state index is -0.543. The molecule has 0 aliphatic carbocycles. The van der Waals surface area contributed by atoms with E-state index in [1.807, 2.05) is 0 Å². The molecule has 0 fully saturated rings. The van der Waals surface area contributed by atoms with Gasteiger partial charge in [-0.1, -0.05) is 11.6 Å². The molecule has 0 saturated heterocycles. The summed E-state index contributed by atoms with van der Waals surface area (Å²) in [6.07, 6.45) is 0. The van der Waals surface area contributed by atoms with Gasteiger partial charge in [-0.3, -0.25) is 5.10 Å². The van der Waals surface area contributed by atoms with Gasteiger partial charge in [-0.2, -0.15) is 5.10 Å². The van der Waals surface area contributed by atoms with Crippen LogP contribution in [-0.4, -0.2) is 27.8 Å². The molecule has 1 heterocycles. The highest BCUT2D eigenvalue weighted by molar-refractivity contribution is 6.33. The van der Waals surface area contributed by atoms with Crippen molar-refractivity contribution < 1.29 is 9.53 Å². The summed E-state index contributed by atoms with van der Waals surface area (Å²) in [7, 11) is 0. The number of nitrogen functional groups attached to an aromatic ring is 1. The lowest BCUT2D eigenvalue weighted by molar-refractivity contribution is 0.0512. The number of esters is 1. The topological polar surface area (TPSA) is 93.9 Å². The van der Waals surface area contributed by atoms with Gasteiger partial charge < -0.3 is 10.5 Å². The first-order chi connectivity index (χ1) is 8.61. The Kier molecular flexibility index (Phi) is 3.47. The van der Waals surface area contributed by atoms with Crippen LogP contribution in [-0.2, 0) is 4.74 Å². The number of ether oxygens (including phenoxy) is 1. The van der Waals surface area contributed by atoms with Crippen molar-refractivity contribution in [2.24, 2.45) is 0 Å². The van der Waals surface area contributed by atoms with Crippen LogP contribution in [0.25, 0.3) is 11.4 Å². The fourth-order valence-corrected chi connectivity index (χ4v) is 1.48. The first kappa shape index (κ1) is 12.4. The number of hydrogen-bond donors (Lipinski definition) is 2. The number of carbonyl (C=O) groups is 1. The van der Waals surface area contributed by atoms with E-state index in [-0.39, 0.29) is 12.4 Å². The first-order valence-electron chi connectivity index (χ1n) is 5.26. The maximum atomic E-state index is 11.4. The standard InChI is InChI=1S/C11H11ClN4O2/c1-2-18-11(17)10-14-9(15-16-10)6-3-4-7(12)8(13)5-6/h3-5H,2,13H2,1H3,(H,14,15,16). The molecule has 1 aromatic heterocycles. The highest BCUT2D eigenvalue weighted by Crippen LogP contribution is 2.24. The second-order valence-electron chi connectivity index (χ2n) is 3.46. The highest BCUT2D eigenvalue weighted by atomic mass is 35.5. The molecule has 3 N–H and O–H groups in total. The highest BCUT2D eigenvalue weighted by Gasteiger charge is 2.14. The SMILES string of the molecule is CCOC(=O)c1nc(-c2ccc(Cl)c(N)c2)n[nH]1. The Balaban J connectivity index is 2.29. The van der Waals surface area contributed by atoms with Crippen LogP contribution in [0, 0.1) is 0 Å². The lowest BCUT2D eigenvalue weighted by Crippen LogP contribution is -2.06. The first-order valence-corrected chi connectivity index (χ1v) is 5.64. The van der Waals surface area contributed by atoms with Crippen molar-refractivity contribution in [2.45, 2.75) is 6.92 Å². The molecule has 0 aliphatic rings. The maximum Gasteiger partial charge on any atom is 0.375 e. The number of rotatable bonds is 3. The molecule has 2 rings (SSSR count). The van der Waals surface area contributed by atoms with Gasteiger partial charge in [-0.15, -0.1) is 0 Å². The van der Waals surface area contributed by atoms with E-state index in [0.29, 0.717) is 22.1 Å². The molecular formula is C11H11ClN4O2. The fourth-order valence-electron chi connectivity index (χ4n) is 1.36. The molecule has 0 radical (unpaired) electrons. The molecule has 2 aromatic rings. The van der Waals surface area contributed by atoms with Crippen LogP contribution < -0.4 is 5.73 Å². The van der Waals surface area contributed by atoms with Crippen LogP contribution in [0.15, 0.2) is 18.2 Å². The number of carbonyl (C=O) groups excluding carboxylic acids is 1. The average Bonchev–Trinajstić information content (AvgIpc) is 2.82. The van der Waals surface area contributed by atoms with Gasteiger partial charge in [0.15, 0.2) is 5.82 Å². The Morgan fingerprint density at radius 1 is 1.56 bits per heavy atom. The number of aromatic nitrogens is 3. The zero-order valence-electron chi connectivity index (χ0n) is 9.61. The molecule has 7 heteroatoms. The molecule has 0 unspecified atom stereocenters. The van der Waals surface area contributed by atoms with Crippen LogP contribution in [0.1, 0.15) is 17.5 Å². The molecule has 1 aromatic carbocycles. The molecular weight excluding hydrogens is 256 g/mol. The summed E-state index contributed by atoms with van der Waals surface area (Å²) in [5, 5.41) is 6.90. The maximum absolute atomic E-state index is 11.4. The quantitative estimate of drug-likeness (QED) is 0.653. The molecule has 0 saturated carbocycles. The van der Waals surface area contributed by atoms with Crippen molar-refractivity contribution >= 4 is 23.3 Å². The lowest BCUT2D eigenvalue weighted by atomic mass is 10.2. The summed E-state index contributed by atoms with van der Waals surface area (Å²) >= 11 is 5.82. The molecule has 6 nitrogen and oxygen atoms in total. The van der Waals surface area contributed by atoms with Crippen LogP contribution >= 0.6 is 11.6 Å². The number of H-pyrrole nitrogens is 1. The number of hydrogen-bond acceptors (Lipinski definition) is 5. The van der Waals surface area contributed by atoms with Crippen molar-refractivity contribution in [2.75, 3.05) is 12.3 Å². The Morgan fingerprint density at radius 2 is 2.33 bits per heavy atom. The van der Waals surface area contributed by atoms with E-state index in [1.165, 1.54) is 0 Å². The zero-order valence-corrected chi connectivity index (χ0v) is 10.4. The van der Waals surface area contributed by atoms with E-state index in [1.54, 1.807) is 25.1 Å². The third-order valence-electron chi connectivity index (χ3n) is 2.21. The number of anilines is 1. The Hall–Kier alpha value is -2.08. The van der Waals surface area contributed by atoms with E-state index < -0.39 is 5.97 Å². The predicted molar refractivity (Wildman–Crippen MR) is 67.2 cm³/mol. The molecule has 0 bridgehead atoms. The van der Waals surface area contributed by atoms with Gasteiger partial charge in [-0.05, 0) is 25.1 Å². The number of benzene rings is 1. The van der Waals surface area contributed by atoms with Gasteiger partial charge in [-0.25, -0.2) is 9.78 Å². The van der Waals surface area contributed by atoms with Gasteiger partial charge in [0, 0.05) is 5.56 Å². The molecule has 0 spiro atoms. The monoisotopic (exact) mass is 266 g/mol.